The lowest BCUT2D eigenvalue weighted by atomic mass is 10.2. The Labute approximate surface area is 106 Å². The first-order chi connectivity index (χ1) is 7.85. The van der Waals surface area contributed by atoms with Crippen molar-refractivity contribution in [3.8, 4) is 0 Å². The van der Waals surface area contributed by atoms with E-state index in [9.17, 15) is 10.2 Å². The second kappa shape index (κ2) is 8.83. The zero-order valence-corrected chi connectivity index (χ0v) is 11.9. The van der Waals surface area contributed by atoms with Crippen molar-refractivity contribution in [2.24, 2.45) is 0 Å². The van der Waals surface area contributed by atoms with Gasteiger partial charge in [0, 0.05) is 26.2 Å². The summed E-state index contributed by atoms with van der Waals surface area (Å²) >= 11 is 0. The lowest BCUT2D eigenvalue weighted by molar-refractivity contribution is 0.0515. The molecule has 5 nitrogen and oxygen atoms in total. The molecule has 0 fully saturated rings. The van der Waals surface area contributed by atoms with E-state index in [0.717, 1.165) is 6.54 Å². The van der Waals surface area contributed by atoms with Crippen LogP contribution in [0.1, 0.15) is 6.92 Å². The van der Waals surface area contributed by atoms with Crippen LogP contribution < -0.4 is 0 Å². The van der Waals surface area contributed by atoms with Crippen LogP contribution in [0, 0.1) is 0 Å². The first-order valence-electron chi connectivity index (χ1n) is 6.23. The van der Waals surface area contributed by atoms with Gasteiger partial charge in [-0.05, 0) is 34.7 Å². The number of hydrogen-bond acceptors (Lipinski definition) is 5. The van der Waals surface area contributed by atoms with E-state index in [1.165, 1.54) is 0 Å². The average Bonchev–Trinajstić information content (AvgIpc) is 2.13. The van der Waals surface area contributed by atoms with Gasteiger partial charge >= 0.3 is 0 Å². The Hall–Kier alpha value is -0.200. The zero-order chi connectivity index (χ0) is 13.4. The fraction of sp³-hybridized carbons (Fsp3) is 1.00. The fourth-order valence-corrected chi connectivity index (χ4v) is 1.89. The normalized spacial score (nSPS) is 15.9. The molecule has 0 aromatic carbocycles. The van der Waals surface area contributed by atoms with Crippen molar-refractivity contribution in [2.75, 3.05) is 60.9 Å². The van der Waals surface area contributed by atoms with Gasteiger partial charge in [-0.2, -0.15) is 0 Å². The topological polar surface area (TPSA) is 50.2 Å². The molecule has 5 heteroatoms. The maximum absolute atomic E-state index is 9.84. The first-order valence-corrected chi connectivity index (χ1v) is 6.23. The number of hydrogen-bond donors (Lipinski definition) is 2. The molecule has 0 aromatic heterocycles. The summed E-state index contributed by atoms with van der Waals surface area (Å²) in [5, 5.41) is 19.7. The third-order valence-electron chi connectivity index (χ3n) is 2.54. The van der Waals surface area contributed by atoms with Gasteiger partial charge in [0.2, 0.25) is 0 Å². The van der Waals surface area contributed by atoms with Crippen LogP contribution in [0.4, 0.5) is 0 Å². The molecular formula is C12H29N3O2. The van der Waals surface area contributed by atoms with Gasteiger partial charge in [-0.3, -0.25) is 4.90 Å². The molecule has 0 aliphatic carbocycles. The van der Waals surface area contributed by atoms with Crippen molar-refractivity contribution >= 4 is 0 Å². The van der Waals surface area contributed by atoms with E-state index < -0.39 is 0 Å². The van der Waals surface area contributed by atoms with E-state index in [2.05, 4.69) is 4.90 Å². The zero-order valence-electron chi connectivity index (χ0n) is 11.9. The lowest BCUT2D eigenvalue weighted by Gasteiger charge is -2.28. The maximum atomic E-state index is 9.84. The molecule has 2 unspecified atom stereocenters. The minimum absolute atomic E-state index is 0.364. The molecule has 104 valence electrons. The van der Waals surface area contributed by atoms with Gasteiger partial charge in [-0.1, -0.05) is 6.92 Å². The van der Waals surface area contributed by atoms with Crippen LogP contribution >= 0.6 is 0 Å². The summed E-state index contributed by atoms with van der Waals surface area (Å²) in [4.78, 5) is 6.02. The number of nitrogens with zero attached hydrogens (tertiary/aromatic N) is 3. The molecule has 0 radical (unpaired) electrons. The van der Waals surface area contributed by atoms with Crippen LogP contribution in [-0.4, -0.2) is 98.0 Å². The number of aliphatic hydroxyl groups excluding tert-OH is 2. The molecule has 0 aliphatic rings. The molecule has 2 atom stereocenters. The molecule has 0 rings (SSSR count). The number of likely N-dealkylation sites (N-methyl/N-ethyl adjacent to an activating group) is 3. The van der Waals surface area contributed by atoms with Crippen LogP contribution in [0.25, 0.3) is 0 Å². The van der Waals surface area contributed by atoms with Gasteiger partial charge in [0.1, 0.15) is 0 Å². The summed E-state index contributed by atoms with van der Waals surface area (Å²) in [5.74, 6) is 0. The van der Waals surface area contributed by atoms with Crippen molar-refractivity contribution in [1.82, 2.24) is 14.7 Å². The SMILES string of the molecule is CCN(CC(O)CN(C)C)CC(O)CN(C)C. The van der Waals surface area contributed by atoms with Crippen LogP contribution in [0.5, 0.6) is 0 Å². The van der Waals surface area contributed by atoms with Gasteiger partial charge in [-0.25, -0.2) is 0 Å². The summed E-state index contributed by atoms with van der Waals surface area (Å²) in [5.41, 5.74) is 0. The van der Waals surface area contributed by atoms with E-state index in [4.69, 9.17) is 0 Å². The van der Waals surface area contributed by atoms with Crippen LogP contribution in [-0.2, 0) is 0 Å². The standard InChI is InChI=1S/C12H29N3O2/c1-6-15(9-11(16)7-13(2)3)10-12(17)8-14(4)5/h11-12,16-17H,6-10H2,1-5H3. The minimum Gasteiger partial charge on any atom is -0.390 e. The maximum Gasteiger partial charge on any atom is 0.0793 e. The summed E-state index contributed by atoms with van der Waals surface area (Å²) < 4.78 is 0. The predicted octanol–water partition coefficient (Wildman–Crippen LogP) is -0.847. The van der Waals surface area contributed by atoms with Crippen molar-refractivity contribution in [1.29, 1.82) is 0 Å². The van der Waals surface area contributed by atoms with Gasteiger partial charge in [0.25, 0.3) is 0 Å². The summed E-state index contributed by atoms with van der Waals surface area (Å²) in [6.07, 6.45) is -0.729. The highest BCUT2D eigenvalue weighted by molar-refractivity contribution is 4.70. The second-order valence-electron chi connectivity index (χ2n) is 5.18. The Kier molecular flexibility index (Phi) is 8.72. The molecule has 0 saturated heterocycles. The largest absolute Gasteiger partial charge is 0.390 e. The molecule has 0 saturated carbocycles. The monoisotopic (exact) mass is 247 g/mol. The van der Waals surface area contributed by atoms with E-state index in [1.807, 2.05) is 44.9 Å². The van der Waals surface area contributed by atoms with E-state index in [-0.39, 0.29) is 12.2 Å². The summed E-state index contributed by atoms with van der Waals surface area (Å²) in [6.45, 7) is 5.42. The van der Waals surface area contributed by atoms with E-state index in [1.54, 1.807) is 0 Å². The number of aliphatic hydroxyl groups is 2. The highest BCUT2D eigenvalue weighted by Crippen LogP contribution is 1.98. The smallest absolute Gasteiger partial charge is 0.0793 e. The van der Waals surface area contributed by atoms with Gasteiger partial charge in [0.05, 0.1) is 12.2 Å². The van der Waals surface area contributed by atoms with Crippen LogP contribution in [0.3, 0.4) is 0 Å². The second-order valence-corrected chi connectivity index (χ2v) is 5.18. The minimum atomic E-state index is -0.364. The van der Waals surface area contributed by atoms with E-state index >= 15 is 0 Å². The molecule has 0 aromatic rings. The molecule has 0 heterocycles. The predicted molar refractivity (Wildman–Crippen MR) is 71.2 cm³/mol. The lowest BCUT2D eigenvalue weighted by Crippen LogP contribution is -2.43. The molecule has 0 spiro atoms. The van der Waals surface area contributed by atoms with Crippen molar-refractivity contribution in [3.63, 3.8) is 0 Å². The Morgan fingerprint density at radius 3 is 1.35 bits per heavy atom. The molecule has 0 bridgehead atoms. The molecule has 0 amide bonds. The highest BCUT2D eigenvalue weighted by atomic mass is 16.3. The third-order valence-corrected chi connectivity index (χ3v) is 2.54. The Morgan fingerprint density at radius 1 is 0.765 bits per heavy atom. The quantitative estimate of drug-likeness (QED) is 0.556. The Morgan fingerprint density at radius 2 is 1.12 bits per heavy atom. The molecular weight excluding hydrogens is 218 g/mol. The van der Waals surface area contributed by atoms with Gasteiger partial charge in [0.15, 0.2) is 0 Å². The molecule has 17 heavy (non-hydrogen) atoms. The van der Waals surface area contributed by atoms with Gasteiger partial charge in [-0.15, -0.1) is 0 Å². The highest BCUT2D eigenvalue weighted by Gasteiger charge is 2.15. The average molecular weight is 247 g/mol. The first kappa shape index (κ1) is 16.8. The van der Waals surface area contributed by atoms with Crippen LogP contribution in [0.15, 0.2) is 0 Å². The summed E-state index contributed by atoms with van der Waals surface area (Å²) in [6, 6.07) is 0. The third kappa shape index (κ3) is 9.50. The number of rotatable bonds is 9. The Balaban J connectivity index is 3.97. The Bertz CT molecular complexity index is 171. The van der Waals surface area contributed by atoms with E-state index in [0.29, 0.717) is 26.2 Å². The van der Waals surface area contributed by atoms with Crippen molar-refractivity contribution < 1.29 is 10.2 Å². The van der Waals surface area contributed by atoms with Crippen LogP contribution in [0.2, 0.25) is 0 Å². The van der Waals surface area contributed by atoms with Crippen molar-refractivity contribution in [2.45, 2.75) is 19.1 Å². The fourth-order valence-electron chi connectivity index (χ4n) is 1.89. The van der Waals surface area contributed by atoms with Crippen molar-refractivity contribution in [3.05, 3.63) is 0 Å². The molecule has 0 aliphatic heterocycles. The van der Waals surface area contributed by atoms with Gasteiger partial charge < -0.3 is 20.0 Å². The molecule has 2 N–H and O–H groups in total. The summed E-state index contributed by atoms with van der Waals surface area (Å²) in [7, 11) is 7.78.